The first-order valence-electron chi connectivity index (χ1n) is 11.1. The highest BCUT2D eigenvalue weighted by atomic mass is 16.3. The van der Waals surface area contributed by atoms with Gasteiger partial charge in [-0.15, -0.1) is 13.2 Å². The van der Waals surface area contributed by atoms with Crippen molar-refractivity contribution in [3.05, 3.63) is 120 Å². The molecule has 168 valence electrons. The average Bonchev–Trinajstić information content (AvgIpc) is 2.85. The van der Waals surface area contributed by atoms with Crippen LogP contribution in [0.5, 0.6) is 11.5 Å². The molecule has 0 saturated heterocycles. The van der Waals surface area contributed by atoms with E-state index in [2.05, 4.69) is 23.1 Å². The van der Waals surface area contributed by atoms with Gasteiger partial charge in [0.05, 0.1) is 11.4 Å². The Hall–Kier alpha value is -4.44. The van der Waals surface area contributed by atoms with Crippen molar-refractivity contribution in [3.8, 4) is 11.5 Å². The van der Waals surface area contributed by atoms with Gasteiger partial charge in [-0.1, -0.05) is 60.7 Å². The number of phenols is 2. The monoisotopic (exact) mass is 446 g/mol. The first kappa shape index (κ1) is 22.7. The lowest BCUT2D eigenvalue weighted by atomic mass is 10.1. The van der Waals surface area contributed by atoms with Gasteiger partial charge in [-0.25, -0.2) is 0 Å². The highest BCUT2D eigenvalue weighted by Gasteiger charge is 2.07. The molecule has 0 spiro atoms. The Morgan fingerprint density at radius 3 is 1.41 bits per heavy atom. The van der Waals surface area contributed by atoms with Crippen LogP contribution in [-0.2, 0) is 12.8 Å². The number of phenolic OH excluding ortho intramolecular Hbond substituents is 2. The summed E-state index contributed by atoms with van der Waals surface area (Å²) in [5.41, 5.74) is 4.49. The maximum absolute atomic E-state index is 10.5. The third-order valence-electron chi connectivity index (χ3n) is 5.59. The van der Waals surface area contributed by atoms with E-state index in [0.717, 1.165) is 33.3 Å². The predicted octanol–water partition coefficient (Wildman–Crippen LogP) is 7.21. The molecule has 0 radical (unpaired) electrons. The molecule has 34 heavy (non-hydrogen) atoms. The quantitative estimate of drug-likeness (QED) is 0.222. The van der Waals surface area contributed by atoms with Crippen molar-refractivity contribution >= 4 is 34.6 Å². The Bertz CT molecular complexity index is 1310. The van der Waals surface area contributed by atoms with Crippen LogP contribution in [0, 0.1) is 0 Å². The Kier molecular flexibility index (Phi) is 6.99. The third kappa shape index (κ3) is 4.81. The zero-order valence-electron chi connectivity index (χ0n) is 18.9. The number of fused-ring (bicyclic) bond motifs is 1. The fraction of sp³-hybridized carbons (Fsp3) is 0.0667. The van der Waals surface area contributed by atoms with Crippen LogP contribution >= 0.6 is 0 Å². The molecule has 0 bridgehead atoms. The molecule has 0 heterocycles. The van der Waals surface area contributed by atoms with Crippen molar-refractivity contribution in [2.24, 2.45) is 9.98 Å². The minimum Gasteiger partial charge on any atom is -0.507 e. The fourth-order valence-corrected chi connectivity index (χ4v) is 3.85. The smallest absolute Gasteiger partial charge is 0.127 e. The van der Waals surface area contributed by atoms with E-state index in [1.807, 2.05) is 72.8 Å². The van der Waals surface area contributed by atoms with Gasteiger partial charge >= 0.3 is 0 Å². The molecular formula is C30H26N2O2. The van der Waals surface area contributed by atoms with Crippen LogP contribution in [0.25, 0.3) is 10.8 Å². The van der Waals surface area contributed by atoms with E-state index < -0.39 is 0 Å². The normalized spacial score (nSPS) is 11.4. The highest BCUT2D eigenvalue weighted by molar-refractivity contribution is 6.02. The van der Waals surface area contributed by atoms with Gasteiger partial charge in [0.2, 0.25) is 0 Å². The Labute approximate surface area is 199 Å². The van der Waals surface area contributed by atoms with E-state index in [-0.39, 0.29) is 11.5 Å². The lowest BCUT2D eigenvalue weighted by Crippen LogP contribution is -1.89. The van der Waals surface area contributed by atoms with Crippen molar-refractivity contribution in [2.45, 2.75) is 12.8 Å². The number of hydrogen-bond acceptors (Lipinski definition) is 4. The first-order chi connectivity index (χ1) is 16.6. The standard InChI is InChI=1S/C30H26N2O2/c1-3-9-21-11-5-13-23(29(21)33)19-31-27-17-7-16-26-25(27)15-8-18-28(26)32-20-24-14-6-12-22(10-4-2)30(24)34/h3-8,11-20,33-34H,1-2,9-10H2. The second kappa shape index (κ2) is 10.5. The van der Waals surface area contributed by atoms with E-state index in [1.165, 1.54) is 0 Å². The number of aliphatic imine (C=N–C) groups is 2. The minimum absolute atomic E-state index is 0.218. The molecule has 4 aromatic carbocycles. The molecule has 2 N–H and O–H groups in total. The fourth-order valence-electron chi connectivity index (χ4n) is 3.85. The average molecular weight is 447 g/mol. The first-order valence-corrected chi connectivity index (χ1v) is 11.1. The molecule has 0 aromatic heterocycles. The molecule has 4 aromatic rings. The summed E-state index contributed by atoms with van der Waals surface area (Å²) in [5.74, 6) is 0.435. The van der Waals surface area contributed by atoms with Crippen LogP contribution < -0.4 is 0 Å². The lowest BCUT2D eigenvalue weighted by Gasteiger charge is -2.07. The van der Waals surface area contributed by atoms with E-state index in [9.17, 15) is 10.2 Å². The second-order valence-corrected chi connectivity index (χ2v) is 7.86. The molecule has 4 nitrogen and oxygen atoms in total. The number of allylic oxidation sites excluding steroid dienone is 2. The lowest BCUT2D eigenvalue weighted by molar-refractivity contribution is 0.468. The summed E-state index contributed by atoms with van der Waals surface area (Å²) in [4.78, 5) is 9.32. The molecule has 0 aliphatic heterocycles. The van der Waals surface area contributed by atoms with Crippen molar-refractivity contribution in [2.75, 3.05) is 0 Å². The molecule has 0 saturated carbocycles. The van der Waals surface area contributed by atoms with Gasteiger partial charge in [-0.2, -0.15) is 0 Å². The number of rotatable bonds is 8. The maximum atomic E-state index is 10.5. The molecule has 0 amide bonds. The van der Waals surface area contributed by atoms with Gasteiger partial charge in [-0.3, -0.25) is 9.98 Å². The zero-order valence-corrected chi connectivity index (χ0v) is 18.9. The second-order valence-electron chi connectivity index (χ2n) is 7.86. The van der Waals surface area contributed by atoms with E-state index in [0.29, 0.717) is 24.0 Å². The minimum atomic E-state index is 0.218. The van der Waals surface area contributed by atoms with Crippen LogP contribution in [0.2, 0.25) is 0 Å². The van der Waals surface area contributed by atoms with Crippen molar-refractivity contribution in [3.63, 3.8) is 0 Å². The predicted molar refractivity (Wildman–Crippen MR) is 142 cm³/mol. The summed E-state index contributed by atoms with van der Waals surface area (Å²) in [6, 6.07) is 22.9. The zero-order chi connectivity index (χ0) is 23.9. The number of hydrogen-bond donors (Lipinski definition) is 2. The number of para-hydroxylation sites is 2. The largest absolute Gasteiger partial charge is 0.507 e. The van der Waals surface area contributed by atoms with Crippen LogP contribution in [0.15, 0.2) is 108 Å². The van der Waals surface area contributed by atoms with Gasteiger partial charge in [0.1, 0.15) is 11.5 Å². The Balaban J connectivity index is 1.69. The van der Waals surface area contributed by atoms with Crippen LogP contribution in [0.3, 0.4) is 0 Å². The maximum Gasteiger partial charge on any atom is 0.127 e. The van der Waals surface area contributed by atoms with Crippen LogP contribution in [0.4, 0.5) is 11.4 Å². The van der Waals surface area contributed by atoms with Gasteiger partial charge in [0.25, 0.3) is 0 Å². The van der Waals surface area contributed by atoms with E-state index >= 15 is 0 Å². The highest BCUT2D eigenvalue weighted by Crippen LogP contribution is 2.33. The van der Waals surface area contributed by atoms with Gasteiger partial charge in [-0.05, 0) is 48.2 Å². The Morgan fingerprint density at radius 1 is 0.588 bits per heavy atom. The summed E-state index contributed by atoms with van der Waals surface area (Å²) in [5, 5.41) is 22.9. The summed E-state index contributed by atoms with van der Waals surface area (Å²) in [7, 11) is 0. The number of benzene rings is 4. The third-order valence-corrected chi connectivity index (χ3v) is 5.59. The summed E-state index contributed by atoms with van der Waals surface area (Å²) >= 11 is 0. The summed E-state index contributed by atoms with van der Waals surface area (Å²) in [6.45, 7) is 7.48. The molecule has 4 heteroatoms. The molecule has 0 unspecified atom stereocenters. The molecular weight excluding hydrogens is 420 g/mol. The van der Waals surface area contributed by atoms with E-state index in [4.69, 9.17) is 0 Å². The van der Waals surface area contributed by atoms with Crippen molar-refractivity contribution < 1.29 is 10.2 Å². The topological polar surface area (TPSA) is 65.2 Å². The number of aromatic hydroxyl groups is 2. The molecule has 4 rings (SSSR count). The SMILES string of the molecule is C=CCc1cccc(C=Nc2cccc3c(N=Cc4cccc(CC=C)c4O)cccc23)c1O. The summed E-state index contributed by atoms with van der Waals surface area (Å²) in [6.07, 6.45) is 8.06. The molecule has 0 fully saturated rings. The molecule has 0 aliphatic rings. The molecule has 0 atom stereocenters. The van der Waals surface area contributed by atoms with Crippen LogP contribution in [0.1, 0.15) is 22.3 Å². The summed E-state index contributed by atoms with van der Waals surface area (Å²) < 4.78 is 0. The number of nitrogens with zero attached hydrogens (tertiary/aromatic N) is 2. The molecule has 0 aliphatic carbocycles. The van der Waals surface area contributed by atoms with Gasteiger partial charge < -0.3 is 10.2 Å². The van der Waals surface area contributed by atoms with E-state index in [1.54, 1.807) is 24.6 Å². The van der Waals surface area contributed by atoms with Gasteiger partial charge in [0.15, 0.2) is 0 Å². The van der Waals surface area contributed by atoms with Crippen molar-refractivity contribution in [1.82, 2.24) is 0 Å². The van der Waals surface area contributed by atoms with Gasteiger partial charge in [0, 0.05) is 34.3 Å². The Morgan fingerprint density at radius 2 is 1.00 bits per heavy atom. The van der Waals surface area contributed by atoms with Crippen molar-refractivity contribution in [1.29, 1.82) is 0 Å². The van der Waals surface area contributed by atoms with Crippen LogP contribution in [-0.4, -0.2) is 22.6 Å².